The van der Waals surface area contributed by atoms with Crippen LogP contribution in [-0.4, -0.2) is 30.6 Å². The molecule has 5 nitrogen and oxygen atoms in total. The molecule has 1 saturated carbocycles. The number of aliphatic imine (C=N–C) groups is 1. The number of benzene rings is 1. The van der Waals surface area contributed by atoms with Gasteiger partial charge in [0, 0.05) is 31.6 Å². The first-order chi connectivity index (χ1) is 11.7. The molecule has 128 valence electrons. The molecule has 0 spiro atoms. The number of hydrogen-bond donors (Lipinski definition) is 2. The summed E-state index contributed by atoms with van der Waals surface area (Å²) in [5.74, 6) is 2.37. The molecule has 0 aliphatic heterocycles. The molecular formula is C19H26N4O. The smallest absolute Gasteiger partial charge is 0.226 e. The third-order valence-corrected chi connectivity index (χ3v) is 4.07. The lowest BCUT2D eigenvalue weighted by molar-refractivity contribution is 0.572. The van der Waals surface area contributed by atoms with Gasteiger partial charge < -0.3 is 15.1 Å². The highest BCUT2D eigenvalue weighted by Crippen LogP contribution is 2.28. The predicted octanol–water partition coefficient (Wildman–Crippen LogP) is 3.16. The Labute approximate surface area is 143 Å². The molecule has 0 atom stereocenters. The molecule has 1 aromatic heterocycles. The molecule has 0 radical (unpaired) electrons. The fourth-order valence-corrected chi connectivity index (χ4v) is 2.42. The van der Waals surface area contributed by atoms with Gasteiger partial charge in [-0.15, -0.1) is 0 Å². The second kappa shape index (κ2) is 7.99. The number of oxazole rings is 1. The number of rotatable bonds is 7. The van der Waals surface area contributed by atoms with E-state index in [0.717, 1.165) is 49.2 Å². The van der Waals surface area contributed by atoms with Crippen LogP contribution >= 0.6 is 0 Å². The minimum absolute atomic E-state index is 0.680. The number of nitrogens with zero attached hydrogens (tertiary/aromatic N) is 2. The number of guanidine groups is 1. The van der Waals surface area contributed by atoms with Crippen LogP contribution in [0.15, 0.2) is 39.9 Å². The predicted molar refractivity (Wildman–Crippen MR) is 97.1 cm³/mol. The molecule has 2 aromatic rings. The minimum Gasteiger partial charge on any atom is -0.444 e. The molecule has 3 rings (SSSR count). The Hall–Kier alpha value is -2.30. The van der Waals surface area contributed by atoms with Crippen molar-refractivity contribution in [3.63, 3.8) is 0 Å². The van der Waals surface area contributed by atoms with E-state index < -0.39 is 0 Å². The average molecular weight is 326 g/mol. The van der Waals surface area contributed by atoms with Crippen molar-refractivity contribution in [2.75, 3.05) is 19.6 Å². The van der Waals surface area contributed by atoms with Crippen LogP contribution in [0.25, 0.3) is 11.5 Å². The number of hydrogen-bond acceptors (Lipinski definition) is 3. The lowest BCUT2D eigenvalue weighted by atomic mass is 10.1. The fourth-order valence-electron chi connectivity index (χ4n) is 2.42. The topological polar surface area (TPSA) is 62.5 Å². The van der Waals surface area contributed by atoms with Crippen molar-refractivity contribution in [2.24, 2.45) is 10.9 Å². The van der Waals surface area contributed by atoms with Crippen LogP contribution in [0.4, 0.5) is 0 Å². The van der Waals surface area contributed by atoms with Gasteiger partial charge in [-0.2, -0.15) is 0 Å². The van der Waals surface area contributed by atoms with Crippen LogP contribution in [-0.2, 0) is 6.42 Å². The Kier molecular flexibility index (Phi) is 5.51. The molecule has 24 heavy (non-hydrogen) atoms. The van der Waals surface area contributed by atoms with Crippen molar-refractivity contribution in [3.05, 3.63) is 41.8 Å². The van der Waals surface area contributed by atoms with Crippen molar-refractivity contribution in [1.82, 2.24) is 15.6 Å². The van der Waals surface area contributed by atoms with E-state index in [4.69, 9.17) is 4.42 Å². The zero-order valence-electron chi connectivity index (χ0n) is 14.5. The standard InChI is InChI=1S/C19H26N4O/c1-3-20-19(22-12-15-6-7-15)21-11-10-17-13-24-18(23-17)16-8-4-14(2)5-9-16/h4-5,8-9,13,15H,3,6-7,10-12H2,1-2H3,(H2,20,21,22). The molecule has 5 heteroatoms. The van der Waals surface area contributed by atoms with Gasteiger partial charge in [-0.05, 0) is 44.7 Å². The maximum absolute atomic E-state index is 5.60. The highest BCUT2D eigenvalue weighted by Gasteiger charge is 2.20. The molecule has 1 aliphatic rings. The van der Waals surface area contributed by atoms with Gasteiger partial charge in [0.15, 0.2) is 5.96 Å². The summed E-state index contributed by atoms with van der Waals surface area (Å²) in [4.78, 5) is 9.19. The van der Waals surface area contributed by atoms with Gasteiger partial charge in [-0.3, -0.25) is 4.99 Å². The zero-order chi connectivity index (χ0) is 16.8. The van der Waals surface area contributed by atoms with E-state index in [1.54, 1.807) is 6.26 Å². The average Bonchev–Trinajstić information content (AvgIpc) is 3.30. The van der Waals surface area contributed by atoms with E-state index in [9.17, 15) is 0 Å². The van der Waals surface area contributed by atoms with Crippen LogP contribution in [0.5, 0.6) is 0 Å². The van der Waals surface area contributed by atoms with Gasteiger partial charge in [0.05, 0.1) is 5.69 Å². The second-order valence-corrected chi connectivity index (χ2v) is 6.35. The van der Waals surface area contributed by atoms with Gasteiger partial charge in [-0.1, -0.05) is 17.7 Å². The molecule has 1 fully saturated rings. The van der Waals surface area contributed by atoms with E-state index in [0.29, 0.717) is 5.89 Å². The molecular weight excluding hydrogens is 300 g/mol. The molecule has 1 aromatic carbocycles. The summed E-state index contributed by atoms with van der Waals surface area (Å²) in [5.41, 5.74) is 3.20. The first-order valence-electron chi connectivity index (χ1n) is 8.78. The summed E-state index contributed by atoms with van der Waals surface area (Å²) in [7, 11) is 0. The van der Waals surface area contributed by atoms with Gasteiger partial charge in [-0.25, -0.2) is 4.98 Å². The maximum atomic E-state index is 5.60. The summed E-state index contributed by atoms with van der Waals surface area (Å²) in [5, 5.41) is 6.65. The van der Waals surface area contributed by atoms with Gasteiger partial charge >= 0.3 is 0 Å². The Morgan fingerprint density at radius 2 is 2.04 bits per heavy atom. The summed E-state index contributed by atoms with van der Waals surface area (Å²) in [6.45, 7) is 6.74. The van der Waals surface area contributed by atoms with Crippen molar-refractivity contribution in [1.29, 1.82) is 0 Å². The van der Waals surface area contributed by atoms with E-state index >= 15 is 0 Å². The van der Waals surface area contributed by atoms with Crippen LogP contribution in [0.2, 0.25) is 0 Å². The Morgan fingerprint density at radius 1 is 1.25 bits per heavy atom. The highest BCUT2D eigenvalue weighted by molar-refractivity contribution is 5.79. The summed E-state index contributed by atoms with van der Waals surface area (Å²) in [6, 6.07) is 8.22. The molecule has 0 amide bonds. The first-order valence-corrected chi connectivity index (χ1v) is 8.78. The van der Waals surface area contributed by atoms with Gasteiger partial charge in [0.2, 0.25) is 5.89 Å². The van der Waals surface area contributed by atoms with Crippen LogP contribution in [0.3, 0.4) is 0 Å². The van der Waals surface area contributed by atoms with Crippen LogP contribution in [0.1, 0.15) is 31.0 Å². The maximum Gasteiger partial charge on any atom is 0.226 e. The Morgan fingerprint density at radius 3 is 2.75 bits per heavy atom. The third-order valence-electron chi connectivity index (χ3n) is 4.07. The minimum atomic E-state index is 0.680. The Balaban J connectivity index is 1.50. The zero-order valence-corrected chi connectivity index (χ0v) is 14.5. The van der Waals surface area contributed by atoms with Crippen LogP contribution < -0.4 is 10.6 Å². The van der Waals surface area contributed by atoms with E-state index in [1.165, 1.54) is 18.4 Å². The highest BCUT2D eigenvalue weighted by atomic mass is 16.3. The van der Waals surface area contributed by atoms with Crippen molar-refractivity contribution in [2.45, 2.75) is 33.1 Å². The van der Waals surface area contributed by atoms with Gasteiger partial charge in [0.1, 0.15) is 6.26 Å². The third kappa shape index (κ3) is 4.85. The lowest BCUT2D eigenvalue weighted by Gasteiger charge is -2.10. The summed E-state index contributed by atoms with van der Waals surface area (Å²) in [6.07, 6.45) is 5.20. The summed E-state index contributed by atoms with van der Waals surface area (Å²) >= 11 is 0. The Bertz CT molecular complexity index is 671. The second-order valence-electron chi connectivity index (χ2n) is 6.35. The number of aryl methyl sites for hydroxylation is 1. The van der Waals surface area contributed by atoms with Crippen LogP contribution in [0, 0.1) is 12.8 Å². The normalized spacial score (nSPS) is 14.7. The molecule has 1 aliphatic carbocycles. The van der Waals surface area contributed by atoms with Crippen molar-refractivity contribution < 1.29 is 4.42 Å². The fraction of sp³-hybridized carbons (Fsp3) is 0.474. The largest absolute Gasteiger partial charge is 0.444 e. The van der Waals surface area contributed by atoms with E-state index in [1.807, 2.05) is 12.1 Å². The number of aromatic nitrogens is 1. The van der Waals surface area contributed by atoms with Crippen molar-refractivity contribution >= 4 is 5.96 Å². The molecule has 1 heterocycles. The monoisotopic (exact) mass is 326 g/mol. The summed E-state index contributed by atoms with van der Waals surface area (Å²) < 4.78 is 5.60. The number of nitrogens with one attached hydrogen (secondary N) is 2. The molecule has 0 saturated heterocycles. The molecule has 2 N–H and O–H groups in total. The van der Waals surface area contributed by atoms with Gasteiger partial charge in [0.25, 0.3) is 0 Å². The molecule has 0 unspecified atom stereocenters. The van der Waals surface area contributed by atoms with Crippen molar-refractivity contribution in [3.8, 4) is 11.5 Å². The quantitative estimate of drug-likeness (QED) is 0.606. The first kappa shape index (κ1) is 16.6. The lowest BCUT2D eigenvalue weighted by Crippen LogP contribution is -2.38. The molecule has 0 bridgehead atoms. The van der Waals surface area contributed by atoms with E-state index in [-0.39, 0.29) is 0 Å². The SMILES string of the molecule is CCNC(=NCC1CC1)NCCc1coc(-c2ccc(C)cc2)n1. The van der Waals surface area contributed by atoms with E-state index in [2.05, 4.69) is 46.6 Å².